The molecule has 1 aliphatic heterocycles. The predicted molar refractivity (Wildman–Crippen MR) is 109 cm³/mol. The number of benzene rings is 1. The second kappa shape index (κ2) is 7.77. The zero-order valence-electron chi connectivity index (χ0n) is 14.5. The number of hydrogen-bond donors (Lipinski definition) is 1. The summed E-state index contributed by atoms with van der Waals surface area (Å²) in [5, 5.41) is 7.97. The molecule has 0 unspecified atom stereocenters. The molecule has 7 nitrogen and oxygen atoms in total. The summed E-state index contributed by atoms with van der Waals surface area (Å²) in [5.74, 6) is -0.454. The van der Waals surface area contributed by atoms with Gasteiger partial charge in [-0.2, -0.15) is 4.52 Å². The van der Waals surface area contributed by atoms with Gasteiger partial charge >= 0.3 is 0 Å². The fraction of sp³-hybridized carbons (Fsp3) is 0.333. The molecule has 0 spiro atoms. The minimum absolute atomic E-state index is 0.00459. The number of nitrogens with zero attached hydrogens (tertiary/aromatic N) is 4. The van der Waals surface area contributed by atoms with Crippen molar-refractivity contribution in [2.45, 2.75) is 25.8 Å². The monoisotopic (exact) mass is 447 g/mol. The highest BCUT2D eigenvalue weighted by Crippen LogP contribution is 2.24. The molecular formula is C18H18BrN5O2S. The number of anilines is 1. The molecule has 1 amide bonds. The number of halogens is 1. The summed E-state index contributed by atoms with van der Waals surface area (Å²) in [6.45, 7) is 2.19. The lowest BCUT2D eigenvalue weighted by atomic mass is 10.1. The molecule has 4 rings (SSSR count). The number of nitrogens with one attached hydrogen (secondary N) is 1. The molecule has 1 N–H and O–H groups in total. The average molecular weight is 448 g/mol. The van der Waals surface area contributed by atoms with Crippen molar-refractivity contribution in [3.05, 3.63) is 56.4 Å². The van der Waals surface area contributed by atoms with Crippen molar-refractivity contribution in [3.8, 4) is 0 Å². The van der Waals surface area contributed by atoms with Gasteiger partial charge in [-0.1, -0.05) is 45.5 Å². The number of amides is 1. The highest BCUT2D eigenvalue weighted by Gasteiger charge is 2.19. The van der Waals surface area contributed by atoms with Crippen LogP contribution in [0.5, 0.6) is 0 Å². The third-order valence-corrected chi connectivity index (χ3v) is 6.30. The molecule has 3 aromatic rings. The van der Waals surface area contributed by atoms with Gasteiger partial charge in [-0.25, -0.2) is 4.98 Å². The number of aromatic nitrogens is 3. The normalized spacial score (nSPS) is 14.5. The third-order valence-electron chi connectivity index (χ3n) is 4.54. The zero-order chi connectivity index (χ0) is 18.8. The van der Waals surface area contributed by atoms with Gasteiger partial charge in [-0.15, -0.1) is 5.10 Å². The van der Waals surface area contributed by atoms with Gasteiger partial charge in [-0.05, 0) is 30.9 Å². The first-order valence-corrected chi connectivity index (χ1v) is 10.4. The fourth-order valence-electron chi connectivity index (χ4n) is 3.06. The summed E-state index contributed by atoms with van der Waals surface area (Å²) >= 11 is 4.83. The van der Waals surface area contributed by atoms with Gasteiger partial charge in [0.25, 0.3) is 11.5 Å². The van der Waals surface area contributed by atoms with Crippen LogP contribution in [-0.2, 0) is 6.54 Å². The number of fused-ring (bicyclic) bond motifs is 1. The quantitative estimate of drug-likeness (QED) is 0.664. The van der Waals surface area contributed by atoms with E-state index >= 15 is 0 Å². The number of piperidine rings is 1. The van der Waals surface area contributed by atoms with E-state index in [-0.39, 0.29) is 5.56 Å². The molecule has 1 saturated heterocycles. The minimum Gasteiger partial charge on any atom is -0.348 e. The first-order chi connectivity index (χ1) is 13.1. The van der Waals surface area contributed by atoms with Crippen molar-refractivity contribution in [2.75, 3.05) is 18.0 Å². The minimum atomic E-state index is -0.454. The molecule has 1 fully saturated rings. The number of carbonyl (C=O) groups is 1. The summed E-state index contributed by atoms with van der Waals surface area (Å²) in [6, 6.07) is 7.61. The van der Waals surface area contributed by atoms with Gasteiger partial charge < -0.3 is 10.2 Å². The Morgan fingerprint density at radius 3 is 2.78 bits per heavy atom. The Morgan fingerprint density at radius 1 is 1.22 bits per heavy atom. The summed E-state index contributed by atoms with van der Waals surface area (Å²) in [6.07, 6.45) is 4.81. The lowest BCUT2D eigenvalue weighted by molar-refractivity contribution is 0.0948. The standard InChI is InChI=1S/C18H18BrN5O2S/c19-14-7-3-2-6-12(14)10-20-15(25)13-11-21-17-24(16(13)26)22-18(27-17)23-8-4-1-5-9-23/h2-3,6-7,11H,1,4-5,8-10H2,(H,20,25). The molecule has 9 heteroatoms. The van der Waals surface area contributed by atoms with E-state index < -0.39 is 11.5 Å². The van der Waals surface area contributed by atoms with Crippen molar-refractivity contribution in [1.29, 1.82) is 0 Å². The van der Waals surface area contributed by atoms with E-state index in [4.69, 9.17) is 0 Å². The molecule has 0 radical (unpaired) electrons. The van der Waals surface area contributed by atoms with Gasteiger partial charge in [-0.3, -0.25) is 9.59 Å². The van der Waals surface area contributed by atoms with Gasteiger partial charge in [0.05, 0.1) is 0 Å². The van der Waals surface area contributed by atoms with Crippen LogP contribution in [0, 0.1) is 0 Å². The van der Waals surface area contributed by atoms with Gasteiger partial charge in [0.1, 0.15) is 5.56 Å². The summed E-state index contributed by atoms with van der Waals surface area (Å²) in [7, 11) is 0. The van der Waals surface area contributed by atoms with Crippen molar-refractivity contribution in [2.24, 2.45) is 0 Å². The summed E-state index contributed by atoms with van der Waals surface area (Å²) in [4.78, 5) is 32.2. The first-order valence-electron chi connectivity index (χ1n) is 8.79. The smallest absolute Gasteiger partial charge is 0.288 e. The Morgan fingerprint density at radius 2 is 2.00 bits per heavy atom. The molecule has 1 aromatic carbocycles. The van der Waals surface area contributed by atoms with E-state index in [1.807, 2.05) is 24.3 Å². The van der Waals surface area contributed by atoms with Crippen molar-refractivity contribution in [3.63, 3.8) is 0 Å². The van der Waals surface area contributed by atoms with Crippen LogP contribution < -0.4 is 15.8 Å². The molecule has 27 heavy (non-hydrogen) atoms. The van der Waals surface area contributed by atoms with E-state index in [1.54, 1.807) is 0 Å². The Labute approximate surface area is 168 Å². The van der Waals surface area contributed by atoms with E-state index in [0.29, 0.717) is 11.5 Å². The molecular weight excluding hydrogens is 430 g/mol. The number of hydrogen-bond acceptors (Lipinski definition) is 6. The summed E-state index contributed by atoms with van der Waals surface area (Å²) < 4.78 is 2.14. The SMILES string of the molecule is O=C(NCc1ccccc1Br)c1cnc2sc(N3CCCCC3)nn2c1=O. The van der Waals surface area contributed by atoms with Crippen LogP contribution in [0.3, 0.4) is 0 Å². The second-order valence-electron chi connectivity index (χ2n) is 6.38. The molecule has 2 aromatic heterocycles. The van der Waals surface area contributed by atoms with E-state index in [1.165, 1.54) is 28.5 Å². The Balaban J connectivity index is 1.56. The van der Waals surface area contributed by atoms with Crippen LogP contribution in [0.4, 0.5) is 5.13 Å². The van der Waals surface area contributed by atoms with E-state index in [9.17, 15) is 9.59 Å². The van der Waals surface area contributed by atoms with Crippen LogP contribution in [0.2, 0.25) is 0 Å². The maximum atomic E-state index is 12.7. The van der Waals surface area contributed by atoms with Gasteiger partial charge in [0.15, 0.2) is 0 Å². The van der Waals surface area contributed by atoms with E-state index in [2.05, 4.69) is 36.2 Å². The van der Waals surface area contributed by atoms with Crippen LogP contribution in [0.1, 0.15) is 35.2 Å². The third kappa shape index (κ3) is 3.74. The van der Waals surface area contributed by atoms with Gasteiger partial charge in [0, 0.05) is 30.3 Å². The van der Waals surface area contributed by atoms with Gasteiger partial charge in [0.2, 0.25) is 10.1 Å². The number of carbonyl (C=O) groups excluding carboxylic acids is 1. The second-order valence-corrected chi connectivity index (χ2v) is 8.17. The summed E-state index contributed by atoms with van der Waals surface area (Å²) in [5.41, 5.74) is 0.486. The predicted octanol–water partition coefficient (Wildman–Crippen LogP) is 2.83. The maximum absolute atomic E-state index is 12.7. The molecule has 0 atom stereocenters. The fourth-order valence-corrected chi connectivity index (χ4v) is 4.40. The van der Waals surface area contributed by atoms with Crippen molar-refractivity contribution in [1.82, 2.24) is 19.9 Å². The molecule has 1 aliphatic rings. The topological polar surface area (TPSA) is 79.6 Å². The Bertz CT molecular complexity index is 1040. The Hall–Kier alpha value is -2.26. The van der Waals surface area contributed by atoms with Crippen LogP contribution >= 0.6 is 27.3 Å². The Kier molecular flexibility index (Phi) is 5.22. The molecule has 140 valence electrons. The lowest BCUT2D eigenvalue weighted by Gasteiger charge is -2.25. The molecule has 0 saturated carbocycles. The molecule has 0 bridgehead atoms. The largest absolute Gasteiger partial charge is 0.348 e. The van der Waals surface area contributed by atoms with Crippen molar-refractivity contribution >= 4 is 43.3 Å². The highest BCUT2D eigenvalue weighted by molar-refractivity contribution is 9.10. The first kappa shape index (κ1) is 18.1. The zero-order valence-corrected chi connectivity index (χ0v) is 16.9. The maximum Gasteiger partial charge on any atom is 0.288 e. The highest BCUT2D eigenvalue weighted by atomic mass is 79.9. The lowest BCUT2D eigenvalue weighted by Crippen LogP contribution is -2.32. The van der Waals surface area contributed by atoms with Crippen molar-refractivity contribution < 1.29 is 4.79 Å². The number of rotatable bonds is 4. The molecule has 0 aliphatic carbocycles. The van der Waals surface area contributed by atoms with Crippen LogP contribution in [-0.4, -0.2) is 33.6 Å². The van der Waals surface area contributed by atoms with E-state index in [0.717, 1.165) is 41.1 Å². The van der Waals surface area contributed by atoms with Crippen LogP contribution in [0.15, 0.2) is 39.7 Å². The molecule has 3 heterocycles. The van der Waals surface area contributed by atoms with Crippen LogP contribution in [0.25, 0.3) is 4.96 Å². The average Bonchev–Trinajstić information content (AvgIpc) is 3.13.